The number of nitrogens with one attached hydrogen (secondary N) is 1. The second-order valence-corrected chi connectivity index (χ2v) is 5.88. The normalized spacial score (nSPS) is 10.3. The fourth-order valence-electron chi connectivity index (χ4n) is 2.33. The zero-order chi connectivity index (χ0) is 17.6. The number of hydrogen-bond donors (Lipinski definition) is 2. The Labute approximate surface area is 151 Å². The van der Waals surface area contributed by atoms with Crippen molar-refractivity contribution < 1.29 is 9.53 Å². The third kappa shape index (κ3) is 4.52. The first-order chi connectivity index (χ1) is 12.1. The Balaban J connectivity index is 1.62. The number of hydrogen-bond acceptors (Lipinski definition) is 3. The summed E-state index contributed by atoms with van der Waals surface area (Å²) in [4.78, 5) is 11.2. The number of carbonyl (C=O) groups excluding carboxylic acids is 1. The van der Waals surface area contributed by atoms with Crippen LogP contribution in [-0.4, -0.2) is 5.91 Å². The van der Waals surface area contributed by atoms with E-state index in [4.69, 9.17) is 22.1 Å². The first-order valence-electron chi connectivity index (χ1n) is 7.77. The van der Waals surface area contributed by atoms with Crippen molar-refractivity contribution in [1.29, 1.82) is 0 Å². The Morgan fingerprint density at radius 2 is 1.64 bits per heavy atom. The molecule has 0 saturated carbocycles. The maximum Gasteiger partial charge on any atom is 0.250 e. The minimum absolute atomic E-state index is 0.272. The molecular formula is C20H17ClN2O2. The van der Waals surface area contributed by atoms with E-state index >= 15 is 0 Å². The van der Waals surface area contributed by atoms with Crippen LogP contribution < -0.4 is 15.8 Å². The van der Waals surface area contributed by atoms with Crippen LogP contribution in [0.1, 0.15) is 15.9 Å². The van der Waals surface area contributed by atoms with Crippen molar-refractivity contribution in [3.63, 3.8) is 0 Å². The second-order valence-electron chi connectivity index (χ2n) is 5.47. The maximum absolute atomic E-state index is 11.2. The monoisotopic (exact) mass is 352 g/mol. The summed E-state index contributed by atoms with van der Waals surface area (Å²) in [6.07, 6.45) is 0. The van der Waals surface area contributed by atoms with Crippen LogP contribution in [0, 0.1) is 0 Å². The number of rotatable bonds is 6. The largest absolute Gasteiger partial charge is 0.457 e. The molecule has 5 heteroatoms. The first-order valence-corrected chi connectivity index (χ1v) is 8.15. The zero-order valence-corrected chi connectivity index (χ0v) is 14.2. The molecule has 0 saturated heterocycles. The number of amides is 1. The van der Waals surface area contributed by atoms with E-state index < -0.39 is 5.91 Å². The highest BCUT2D eigenvalue weighted by molar-refractivity contribution is 6.33. The topological polar surface area (TPSA) is 64.4 Å². The van der Waals surface area contributed by atoms with Crippen molar-refractivity contribution in [2.45, 2.75) is 6.54 Å². The Morgan fingerprint density at radius 1 is 0.960 bits per heavy atom. The van der Waals surface area contributed by atoms with Gasteiger partial charge in [0.15, 0.2) is 0 Å². The molecule has 0 spiro atoms. The summed E-state index contributed by atoms with van der Waals surface area (Å²) in [5.41, 5.74) is 7.72. The summed E-state index contributed by atoms with van der Waals surface area (Å²) in [5.74, 6) is 0.670. The van der Waals surface area contributed by atoms with E-state index in [0.717, 1.165) is 17.8 Å². The van der Waals surface area contributed by atoms with E-state index in [9.17, 15) is 4.79 Å². The van der Waals surface area contributed by atoms with Gasteiger partial charge < -0.3 is 15.8 Å². The van der Waals surface area contributed by atoms with Crippen LogP contribution >= 0.6 is 11.6 Å². The molecule has 0 fully saturated rings. The highest BCUT2D eigenvalue weighted by atomic mass is 35.5. The van der Waals surface area contributed by atoms with Crippen molar-refractivity contribution in [2.75, 3.05) is 5.32 Å². The van der Waals surface area contributed by atoms with E-state index in [2.05, 4.69) is 5.32 Å². The van der Waals surface area contributed by atoms with Crippen LogP contribution in [0.4, 0.5) is 5.69 Å². The molecule has 0 heterocycles. The van der Waals surface area contributed by atoms with E-state index in [1.165, 1.54) is 0 Å². The van der Waals surface area contributed by atoms with Crippen molar-refractivity contribution in [3.05, 3.63) is 88.9 Å². The average molecular weight is 353 g/mol. The van der Waals surface area contributed by atoms with Crippen molar-refractivity contribution in [1.82, 2.24) is 0 Å². The lowest BCUT2D eigenvalue weighted by Gasteiger charge is -2.09. The minimum atomic E-state index is -0.563. The predicted octanol–water partition coefficient (Wildman–Crippen LogP) is 4.84. The summed E-state index contributed by atoms with van der Waals surface area (Å²) in [6, 6.07) is 22.6. The molecule has 0 radical (unpaired) electrons. The molecule has 0 aliphatic rings. The van der Waals surface area contributed by atoms with Gasteiger partial charge in [0.05, 0.1) is 10.6 Å². The first kappa shape index (κ1) is 16.9. The van der Waals surface area contributed by atoms with Crippen LogP contribution in [0.15, 0.2) is 72.8 Å². The molecule has 0 aliphatic carbocycles. The van der Waals surface area contributed by atoms with Gasteiger partial charge in [0.25, 0.3) is 0 Å². The molecule has 1 amide bonds. The highest BCUT2D eigenvalue weighted by Crippen LogP contribution is 2.27. The molecule has 3 aromatic rings. The number of primary amides is 1. The molecule has 4 nitrogen and oxygen atoms in total. The lowest BCUT2D eigenvalue weighted by molar-refractivity contribution is 0.100. The van der Waals surface area contributed by atoms with E-state index in [-0.39, 0.29) is 10.6 Å². The number of nitrogens with two attached hydrogens (primary N) is 1. The Kier molecular flexibility index (Phi) is 5.21. The van der Waals surface area contributed by atoms with Crippen LogP contribution in [0.2, 0.25) is 5.02 Å². The molecular weight excluding hydrogens is 336 g/mol. The molecule has 25 heavy (non-hydrogen) atoms. The van der Waals surface area contributed by atoms with Crippen molar-refractivity contribution in [3.8, 4) is 11.5 Å². The predicted molar refractivity (Wildman–Crippen MR) is 100 cm³/mol. The van der Waals surface area contributed by atoms with Crippen LogP contribution in [0.25, 0.3) is 0 Å². The molecule has 3 rings (SSSR count). The lowest BCUT2D eigenvalue weighted by Crippen LogP contribution is -2.11. The minimum Gasteiger partial charge on any atom is -0.457 e. The summed E-state index contributed by atoms with van der Waals surface area (Å²) >= 11 is 6.03. The number of carbonyl (C=O) groups is 1. The van der Waals surface area contributed by atoms with Gasteiger partial charge in [-0.05, 0) is 42.0 Å². The van der Waals surface area contributed by atoms with Crippen LogP contribution in [-0.2, 0) is 6.54 Å². The zero-order valence-electron chi connectivity index (χ0n) is 13.4. The lowest BCUT2D eigenvalue weighted by atomic mass is 10.2. The van der Waals surface area contributed by atoms with Crippen LogP contribution in [0.3, 0.4) is 0 Å². The molecule has 0 atom stereocenters. The summed E-state index contributed by atoms with van der Waals surface area (Å²) in [5, 5.41) is 3.62. The second kappa shape index (κ2) is 7.73. The quantitative estimate of drug-likeness (QED) is 0.667. The fraction of sp³-hybridized carbons (Fsp3) is 0.0500. The van der Waals surface area contributed by atoms with Gasteiger partial charge in [0, 0.05) is 18.3 Å². The smallest absolute Gasteiger partial charge is 0.250 e. The summed E-state index contributed by atoms with van der Waals surface area (Å²) in [7, 11) is 0. The van der Waals surface area contributed by atoms with E-state index in [1.807, 2.05) is 54.6 Å². The molecule has 0 aromatic heterocycles. The molecule has 3 N–H and O–H groups in total. The van der Waals surface area contributed by atoms with Gasteiger partial charge in [-0.25, -0.2) is 0 Å². The SMILES string of the molecule is NC(=O)c1ccc(Oc2ccc(CNc3ccccc3)cc2)cc1Cl. The number of benzene rings is 3. The van der Waals surface area contributed by atoms with Crippen molar-refractivity contribution in [2.24, 2.45) is 5.73 Å². The number of para-hydroxylation sites is 1. The number of halogens is 1. The molecule has 0 bridgehead atoms. The third-order valence-corrected chi connectivity index (χ3v) is 3.95. The van der Waals surface area contributed by atoms with Crippen LogP contribution in [0.5, 0.6) is 11.5 Å². The van der Waals surface area contributed by atoms with E-state index in [0.29, 0.717) is 11.5 Å². The van der Waals surface area contributed by atoms with Gasteiger partial charge in [-0.3, -0.25) is 4.79 Å². The summed E-state index contributed by atoms with van der Waals surface area (Å²) < 4.78 is 5.75. The van der Waals surface area contributed by atoms with Gasteiger partial charge in [-0.1, -0.05) is 41.9 Å². The Morgan fingerprint density at radius 3 is 2.28 bits per heavy atom. The van der Waals surface area contributed by atoms with Gasteiger partial charge in [-0.15, -0.1) is 0 Å². The maximum atomic E-state index is 11.2. The van der Waals surface area contributed by atoms with Gasteiger partial charge >= 0.3 is 0 Å². The molecule has 0 unspecified atom stereocenters. The fourth-order valence-corrected chi connectivity index (χ4v) is 2.59. The Hall–Kier alpha value is -2.98. The van der Waals surface area contributed by atoms with Gasteiger partial charge in [0.2, 0.25) is 5.91 Å². The molecule has 3 aromatic carbocycles. The molecule has 126 valence electrons. The van der Waals surface area contributed by atoms with Gasteiger partial charge in [-0.2, -0.15) is 0 Å². The Bertz CT molecular complexity index is 865. The highest BCUT2D eigenvalue weighted by Gasteiger charge is 2.08. The van der Waals surface area contributed by atoms with Gasteiger partial charge in [0.1, 0.15) is 11.5 Å². The number of ether oxygens (including phenoxy) is 1. The molecule has 0 aliphatic heterocycles. The summed E-state index contributed by atoms with van der Waals surface area (Å²) in [6.45, 7) is 0.726. The van der Waals surface area contributed by atoms with Crippen molar-refractivity contribution >= 4 is 23.2 Å². The number of anilines is 1. The third-order valence-electron chi connectivity index (χ3n) is 3.64. The van der Waals surface area contributed by atoms with E-state index in [1.54, 1.807) is 18.2 Å². The average Bonchev–Trinajstić information content (AvgIpc) is 2.62. The standard InChI is InChI=1S/C20H17ClN2O2/c21-19-12-17(10-11-18(19)20(22)24)25-16-8-6-14(7-9-16)13-23-15-4-2-1-3-5-15/h1-12,23H,13H2,(H2,22,24).